The van der Waals surface area contributed by atoms with Gasteiger partial charge in [-0.05, 0) is 30.5 Å². The van der Waals surface area contributed by atoms with Crippen LogP contribution in [0.15, 0.2) is 36.7 Å². The Balaban J connectivity index is 1.93. The van der Waals surface area contributed by atoms with Gasteiger partial charge in [-0.3, -0.25) is 4.68 Å². The summed E-state index contributed by atoms with van der Waals surface area (Å²) in [6.45, 7) is 2.20. The molecule has 3 rings (SSSR count). The monoisotopic (exact) mass is 226 g/mol. The van der Waals surface area contributed by atoms with Crippen LogP contribution >= 0.6 is 0 Å². The van der Waals surface area contributed by atoms with Crippen LogP contribution in [0.1, 0.15) is 6.42 Å². The molecule has 0 saturated carbocycles. The van der Waals surface area contributed by atoms with Crippen LogP contribution in [0.3, 0.4) is 0 Å². The molecule has 0 spiro atoms. The number of anilines is 1. The maximum atomic E-state index is 4.22. The maximum absolute atomic E-state index is 4.22. The minimum Gasteiger partial charge on any atom is -0.371 e. The third-order valence-electron chi connectivity index (χ3n) is 3.20. The molecule has 0 N–H and O–H groups in total. The van der Waals surface area contributed by atoms with Crippen LogP contribution in [0, 0.1) is 6.42 Å². The molecule has 87 valence electrons. The van der Waals surface area contributed by atoms with E-state index in [0.29, 0.717) is 0 Å². The van der Waals surface area contributed by atoms with Gasteiger partial charge in [0.05, 0.1) is 6.20 Å². The van der Waals surface area contributed by atoms with Crippen molar-refractivity contribution >= 4 is 5.69 Å². The maximum Gasteiger partial charge on any atom is 0.0568 e. The van der Waals surface area contributed by atoms with E-state index >= 15 is 0 Å². The van der Waals surface area contributed by atoms with E-state index in [4.69, 9.17) is 0 Å². The van der Waals surface area contributed by atoms with Crippen LogP contribution in [0.5, 0.6) is 0 Å². The molecule has 0 bridgehead atoms. The molecule has 17 heavy (non-hydrogen) atoms. The number of rotatable bonds is 2. The van der Waals surface area contributed by atoms with Crippen molar-refractivity contribution < 1.29 is 0 Å². The molecule has 2 heterocycles. The highest BCUT2D eigenvalue weighted by Gasteiger charge is 2.13. The smallest absolute Gasteiger partial charge is 0.0568 e. The summed E-state index contributed by atoms with van der Waals surface area (Å²) in [6, 6.07) is 8.69. The van der Waals surface area contributed by atoms with Crippen LogP contribution in [-0.2, 0) is 7.05 Å². The summed E-state index contributed by atoms with van der Waals surface area (Å²) in [6.07, 6.45) is 7.48. The fourth-order valence-electron chi connectivity index (χ4n) is 2.27. The molecule has 1 aromatic heterocycles. The molecule has 0 amide bonds. The second kappa shape index (κ2) is 4.24. The van der Waals surface area contributed by atoms with Gasteiger partial charge in [0.25, 0.3) is 0 Å². The van der Waals surface area contributed by atoms with E-state index in [1.165, 1.54) is 23.2 Å². The van der Waals surface area contributed by atoms with Gasteiger partial charge in [-0.1, -0.05) is 12.1 Å². The Hall–Kier alpha value is -1.77. The first-order chi connectivity index (χ1) is 8.33. The van der Waals surface area contributed by atoms with Crippen molar-refractivity contribution in [1.29, 1.82) is 0 Å². The van der Waals surface area contributed by atoms with E-state index in [1.54, 1.807) is 0 Å². The lowest BCUT2D eigenvalue weighted by Gasteiger charge is -2.18. The summed E-state index contributed by atoms with van der Waals surface area (Å²) in [5, 5.41) is 4.22. The first kappa shape index (κ1) is 10.4. The van der Waals surface area contributed by atoms with Crippen molar-refractivity contribution in [3.8, 4) is 11.1 Å². The Labute approximate surface area is 102 Å². The summed E-state index contributed by atoms with van der Waals surface area (Å²) < 4.78 is 1.84. The highest BCUT2D eigenvalue weighted by atomic mass is 15.2. The third-order valence-corrected chi connectivity index (χ3v) is 3.20. The molecule has 1 fully saturated rings. The second-order valence-electron chi connectivity index (χ2n) is 4.48. The quantitative estimate of drug-likeness (QED) is 0.784. The average Bonchev–Trinajstić information content (AvgIpc) is 3.00. The minimum atomic E-state index is 1.07. The van der Waals surface area contributed by atoms with Crippen molar-refractivity contribution in [2.45, 2.75) is 6.42 Å². The van der Waals surface area contributed by atoms with Gasteiger partial charge in [-0.25, -0.2) is 0 Å². The van der Waals surface area contributed by atoms with Crippen molar-refractivity contribution in [3.05, 3.63) is 43.1 Å². The Bertz CT molecular complexity index is 510. The highest BCUT2D eigenvalue weighted by molar-refractivity contribution is 5.67. The summed E-state index contributed by atoms with van der Waals surface area (Å²) in [4.78, 5) is 2.40. The number of hydrogen-bond acceptors (Lipinski definition) is 2. The van der Waals surface area contributed by atoms with Gasteiger partial charge in [0.1, 0.15) is 0 Å². The predicted octanol–water partition coefficient (Wildman–Crippen LogP) is 2.50. The first-order valence-electron chi connectivity index (χ1n) is 5.98. The average molecular weight is 226 g/mol. The Morgan fingerprint density at radius 3 is 2.88 bits per heavy atom. The number of nitrogens with zero attached hydrogens (tertiary/aromatic N) is 3. The zero-order valence-corrected chi connectivity index (χ0v) is 10.0. The van der Waals surface area contributed by atoms with Gasteiger partial charge in [0.15, 0.2) is 0 Å². The van der Waals surface area contributed by atoms with Crippen molar-refractivity contribution in [3.63, 3.8) is 0 Å². The molecule has 0 unspecified atom stereocenters. The molecule has 1 radical (unpaired) electrons. The van der Waals surface area contributed by atoms with E-state index in [9.17, 15) is 0 Å². The molecule has 1 aliphatic rings. The van der Waals surface area contributed by atoms with Crippen LogP contribution in [-0.4, -0.2) is 22.9 Å². The van der Waals surface area contributed by atoms with Gasteiger partial charge in [-0.2, -0.15) is 5.10 Å². The fraction of sp³-hybridized carbons (Fsp3) is 0.286. The SMILES string of the molecule is Cn1cc(-c2cccc(N3C[CH]CC3)c2)cn1. The lowest BCUT2D eigenvalue weighted by Crippen LogP contribution is -2.17. The lowest BCUT2D eigenvalue weighted by atomic mass is 10.1. The predicted molar refractivity (Wildman–Crippen MR) is 69.8 cm³/mol. The number of benzene rings is 1. The summed E-state index contributed by atoms with van der Waals surface area (Å²) in [5.74, 6) is 0. The Kier molecular flexibility index (Phi) is 2.59. The Morgan fingerprint density at radius 2 is 2.18 bits per heavy atom. The summed E-state index contributed by atoms with van der Waals surface area (Å²) in [5.41, 5.74) is 3.72. The highest BCUT2D eigenvalue weighted by Crippen LogP contribution is 2.26. The van der Waals surface area contributed by atoms with Gasteiger partial charge >= 0.3 is 0 Å². The molecule has 0 atom stereocenters. The van der Waals surface area contributed by atoms with Crippen LogP contribution in [0.25, 0.3) is 11.1 Å². The first-order valence-corrected chi connectivity index (χ1v) is 5.98. The molecule has 3 nitrogen and oxygen atoms in total. The lowest BCUT2D eigenvalue weighted by molar-refractivity contribution is 0.768. The van der Waals surface area contributed by atoms with Crippen molar-refractivity contribution in [1.82, 2.24) is 9.78 Å². The largest absolute Gasteiger partial charge is 0.371 e. The standard InChI is InChI=1S/C14H16N3/c1-16-11-13(10-15-16)12-5-4-6-14(9-12)17-7-2-3-8-17/h2,4-6,9-11H,3,7-8H2,1H3. The Morgan fingerprint density at radius 1 is 1.24 bits per heavy atom. The van der Waals surface area contributed by atoms with E-state index < -0.39 is 0 Å². The molecular formula is C14H16N3. The number of hydrogen-bond donors (Lipinski definition) is 0. The van der Waals surface area contributed by atoms with Gasteiger partial charge in [0.2, 0.25) is 0 Å². The van der Waals surface area contributed by atoms with E-state index in [-0.39, 0.29) is 0 Å². The van der Waals surface area contributed by atoms with Crippen molar-refractivity contribution in [2.75, 3.05) is 18.0 Å². The zero-order chi connectivity index (χ0) is 11.7. The van der Waals surface area contributed by atoms with Crippen molar-refractivity contribution in [2.24, 2.45) is 7.05 Å². The summed E-state index contributed by atoms with van der Waals surface area (Å²) >= 11 is 0. The molecular weight excluding hydrogens is 210 g/mol. The van der Waals surface area contributed by atoms with E-state index in [0.717, 1.165) is 13.1 Å². The minimum absolute atomic E-state index is 1.07. The topological polar surface area (TPSA) is 21.1 Å². The second-order valence-corrected chi connectivity index (χ2v) is 4.48. The third kappa shape index (κ3) is 2.05. The van der Waals surface area contributed by atoms with Crippen LogP contribution in [0.4, 0.5) is 5.69 Å². The number of aryl methyl sites for hydroxylation is 1. The van der Waals surface area contributed by atoms with Gasteiger partial charge in [-0.15, -0.1) is 0 Å². The zero-order valence-electron chi connectivity index (χ0n) is 10.0. The molecule has 1 aliphatic heterocycles. The van der Waals surface area contributed by atoms with Crippen LogP contribution < -0.4 is 4.90 Å². The van der Waals surface area contributed by atoms with Gasteiger partial charge in [0, 0.05) is 37.6 Å². The fourth-order valence-corrected chi connectivity index (χ4v) is 2.27. The van der Waals surface area contributed by atoms with E-state index in [1.807, 2.05) is 17.9 Å². The van der Waals surface area contributed by atoms with Gasteiger partial charge < -0.3 is 4.90 Å². The molecule has 2 aromatic rings. The summed E-state index contributed by atoms with van der Waals surface area (Å²) in [7, 11) is 1.95. The molecule has 3 heteroatoms. The number of aromatic nitrogens is 2. The molecule has 1 saturated heterocycles. The molecule has 1 aromatic carbocycles. The van der Waals surface area contributed by atoms with E-state index in [2.05, 4.69) is 46.9 Å². The van der Waals surface area contributed by atoms with Crippen LogP contribution in [0.2, 0.25) is 0 Å². The molecule has 0 aliphatic carbocycles. The normalized spacial score (nSPS) is 15.5.